The minimum absolute atomic E-state index is 0.0324. The third-order valence-electron chi connectivity index (χ3n) is 5.98. The first-order valence-corrected chi connectivity index (χ1v) is 13.3. The average Bonchev–Trinajstić information content (AvgIpc) is 2.82. The fourth-order valence-corrected chi connectivity index (χ4v) is 4.46. The smallest absolute Gasteiger partial charge is 0.223 e. The fraction of sp³-hybridized carbons (Fsp3) is 0.440. The lowest BCUT2D eigenvalue weighted by Crippen LogP contribution is -2.42. The van der Waals surface area contributed by atoms with E-state index >= 15 is 0 Å². The van der Waals surface area contributed by atoms with Gasteiger partial charge in [-0.3, -0.25) is 9.59 Å². The molecule has 1 heterocycles. The zero-order chi connectivity index (χ0) is 24.7. The SMILES string of the molecule is Cc1ccc(CNC(=O)C2CCN(C(=O)CCCOc3ccc(S(C)(=O)=O)cc3)CC2)cc1F. The lowest BCUT2D eigenvalue weighted by molar-refractivity contribution is -0.135. The molecule has 7 nitrogen and oxygen atoms in total. The molecule has 34 heavy (non-hydrogen) atoms. The predicted octanol–water partition coefficient (Wildman–Crippen LogP) is 3.25. The normalized spacial score (nSPS) is 14.6. The van der Waals surface area contributed by atoms with Gasteiger partial charge in [-0.1, -0.05) is 12.1 Å². The zero-order valence-corrected chi connectivity index (χ0v) is 20.4. The number of rotatable bonds is 9. The van der Waals surface area contributed by atoms with Gasteiger partial charge in [0.15, 0.2) is 9.84 Å². The van der Waals surface area contributed by atoms with Crippen molar-refractivity contribution < 1.29 is 27.1 Å². The lowest BCUT2D eigenvalue weighted by atomic mass is 9.95. The van der Waals surface area contributed by atoms with Gasteiger partial charge in [-0.2, -0.15) is 0 Å². The summed E-state index contributed by atoms with van der Waals surface area (Å²) in [5.41, 5.74) is 1.29. The van der Waals surface area contributed by atoms with Crippen LogP contribution in [0, 0.1) is 18.7 Å². The van der Waals surface area contributed by atoms with E-state index < -0.39 is 9.84 Å². The van der Waals surface area contributed by atoms with E-state index in [1.807, 2.05) is 0 Å². The number of aryl methyl sites for hydroxylation is 1. The van der Waals surface area contributed by atoms with Crippen molar-refractivity contribution in [1.29, 1.82) is 0 Å². The number of likely N-dealkylation sites (tertiary alicyclic amines) is 1. The minimum Gasteiger partial charge on any atom is -0.494 e. The second-order valence-electron chi connectivity index (χ2n) is 8.65. The van der Waals surface area contributed by atoms with Crippen molar-refractivity contribution in [2.24, 2.45) is 5.92 Å². The maximum absolute atomic E-state index is 13.7. The summed E-state index contributed by atoms with van der Waals surface area (Å²) in [5.74, 6) is 0.0832. The van der Waals surface area contributed by atoms with Crippen molar-refractivity contribution >= 4 is 21.7 Å². The Bertz CT molecular complexity index is 1110. The molecule has 0 aromatic heterocycles. The molecule has 2 aromatic rings. The summed E-state index contributed by atoms with van der Waals surface area (Å²) in [6.07, 6.45) is 3.24. The van der Waals surface area contributed by atoms with Crippen molar-refractivity contribution in [2.45, 2.75) is 44.0 Å². The molecule has 0 aliphatic carbocycles. The van der Waals surface area contributed by atoms with Gasteiger partial charge in [0.2, 0.25) is 11.8 Å². The van der Waals surface area contributed by atoms with Gasteiger partial charge in [-0.05, 0) is 67.6 Å². The number of nitrogens with zero attached hydrogens (tertiary/aromatic N) is 1. The van der Waals surface area contributed by atoms with E-state index in [2.05, 4.69) is 5.32 Å². The largest absolute Gasteiger partial charge is 0.494 e. The van der Waals surface area contributed by atoms with E-state index in [0.29, 0.717) is 56.7 Å². The monoisotopic (exact) mass is 490 g/mol. The quantitative estimate of drug-likeness (QED) is 0.545. The molecular formula is C25H31FN2O5S. The number of piperidine rings is 1. The Labute approximate surface area is 200 Å². The molecule has 184 valence electrons. The van der Waals surface area contributed by atoms with Crippen LogP contribution >= 0.6 is 0 Å². The summed E-state index contributed by atoms with van der Waals surface area (Å²) < 4.78 is 42.2. The average molecular weight is 491 g/mol. The second kappa shape index (κ2) is 11.5. The Balaban J connectivity index is 1.34. The summed E-state index contributed by atoms with van der Waals surface area (Å²) in [4.78, 5) is 27.0. The van der Waals surface area contributed by atoms with Gasteiger partial charge in [0.1, 0.15) is 11.6 Å². The molecule has 0 saturated carbocycles. The molecule has 2 aromatic carbocycles. The number of ether oxygens (including phenoxy) is 1. The maximum atomic E-state index is 13.7. The number of hydrogen-bond donors (Lipinski definition) is 1. The first-order chi connectivity index (χ1) is 16.1. The molecule has 1 fully saturated rings. The Kier molecular flexibility index (Phi) is 8.66. The van der Waals surface area contributed by atoms with Gasteiger partial charge >= 0.3 is 0 Å². The van der Waals surface area contributed by atoms with E-state index in [1.165, 1.54) is 18.2 Å². The molecule has 3 rings (SSSR count). The molecule has 0 spiro atoms. The van der Waals surface area contributed by atoms with Crippen LogP contribution in [0.3, 0.4) is 0 Å². The Morgan fingerprint density at radius 2 is 1.79 bits per heavy atom. The van der Waals surface area contributed by atoms with Crippen LogP contribution < -0.4 is 10.1 Å². The Morgan fingerprint density at radius 3 is 2.41 bits per heavy atom. The summed E-state index contributed by atoms with van der Waals surface area (Å²) in [6.45, 7) is 3.39. The van der Waals surface area contributed by atoms with Gasteiger partial charge in [0.25, 0.3) is 0 Å². The van der Waals surface area contributed by atoms with Crippen LogP contribution in [0.1, 0.15) is 36.8 Å². The molecule has 0 bridgehead atoms. The number of sulfone groups is 1. The van der Waals surface area contributed by atoms with E-state index in [0.717, 1.165) is 11.8 Å². The Hall–Kier alpha value is -2.94. The molecule has 1 N–H and O–H groups in total. The van der Waals surface area contributed by atoms with Crippen LogP contribution in [-0.2, 0) is 26.0 Å². The third-order valence-corrected chi connectivity index (χ3v) is 7.11. The molecular weight excluding hydrogens is 459 g/mol. The second-order valence-corrected chi connectivity index (χ2v) is 10.7. The first-order valence-electron chi connectivity index (χ1n) is 11.4. The maximum Gasteiger partial charge on any atom is 0.223 e. The van der Waals surface area contributed by atoms with E-state index in [-0.39, 0.29) is 35.0 Å². The third kappa shape index (κ3) is 7.28. The highest BCUT2D eigenvalue weighted by Crippen LogP contribution is 2.20. The highest BCUT2D eigenvalue weighted by Gasteiger charge is 2.27. The van der Waals surface area contributed by atoms with Crippen LogP contribution in [0.25, 0.3) is 0 Å². The van der Waals surface area contributed by atoms with E-state index in [4.69, 9.17) is 4.74 Å². The van der Waals surface area contributed by atoms with Crippen molar-refractivity contribution in [3.63, 3.8) is 0 Å². The van der Waals surface area contributed by atoms with E-state index in [1.54, 1.807) is 36.1 Å². The van der Waals surface area contributed by atoms with Gasteiger partial charge in [0, 0.05) is 38.2 Å². The molecule has 1 aliphatic rings. The molecule has 2 amide bonds. The van der Waals surface area contributed by atoms with Crippen molar-refractivity contribution in [3.05, 3.63) is 59.4 Å². The number of hydrogen-bond acceptors (Lipinski definition) is 5. The topological polar surface area (TPSA) is 92.8 Å². The summed E-state index contributed by atoms with van der Waals surface area (Å²) in [7, 11) is -3.24. The standard InChI is InChI=1S/C25H31FN2O5S/c1-18-5-6-19(16-23(18)26)17-27-25(30)20-11-13-28(14-12-20)24(29)4-3-15-33-21-7-9-22(10-8-21)34(2,31)32/h5-10,16,20H,3-4,11-15,17H2,1-2H3,(H,27,30). The van der Waals surface area contributed by atoms with E-state index in [9.17, 15) is 22.4 Å². The van der Waals surface area contributed by atoms with Gasteiger partial charge < -0.3 is 15.0 Å². The minimum atomic E-state index is -3.24. The van der Waals surface area contributed by atoms with Gasteiger partial charge in [0.05, 0.1) is 11.5 Å². The predicted molar refractivity (Wildman–Crippen MR) is 127 cm³/mol. The fourth-order valence-electron chi connectivity index (χ4n) is 3.83. The van der Waals surface area contributed by atoms with Crippen LogP contribution in [0.2, 0.25) is 0 Å². The van der Waals surface area contributed by atoms with Gasteiger partial charge in [-0.25, -0.2) is 12.8 Å². The summed E-state index contributed by atoms with van der Waals surface area (Å²) >= 11 is 0. The number of carbonyl (C=O) groups is 2. The van der Waals surface area contributed by atoms with Crippen LogP contribution in [0.4, 0.5) is 4.39 Å². The molecule has 0 radical (unpaired) electrons. The number of halogens is 1. The van der Waals surface area contributed by atoms with Crippen LogP contribution in [0.5, 0.6) is 5.75 Å². The lowest BCUT2D eigenvalue weighted by Gasteiger charge is -2.31. The van der Waals surface area contributed by atoms with Crippen molar-refractivity contribution in [2.75, 3.05) is 26.0 Å². The molecule has 1 saturated heterocycles. The highest BCUT2D eigenvalue weighted by atomic mass is 32.2. The number of benzene rings is 2. The van der Waals surface area contributed by atoms with Crippen molar-refractivity contribution in [3.8, 4) is 5.75 Å². The zero-order valence-electron chi connectivity index (χ0n) is 19.6. The Morgan fingerprint density at radius 1 is 1.12 bits per heavy atom. The van der Waals surface area contributed by atoms with Crippen molar-refractivity contribution in [1.82, 2.24) is 10.2 Å². The number of amides is 2. The first kappa shape index (κ1) is 25.7. The number of nitrogens with one attached hydrogen (secondary N) is 1. The van der Waals surface area contributed by atoms with Crippen LogP contribution in [0.15, 0.2) is 47.4 Å². The van der Waals surface area contributed by atoms with Gasteiger partial charge in [-0.15, -0.1) is 0 Å². The van der Waals surface area contributed by atoms with Crippen LogP contribution in [-0.4, -0.2) is 51.1 Å². The molecule has 0 atom stereocenters. The summed E-state index contributed by atoms with van der Waals surface area (Å²) in [6, 6.07) is 11.1. The number of carbonyl (C=O) groups excluding carboxylic acids is 2. The molecule has 0 unspecified atom stereocenters. The summed E-state index contributed by atoms with van der Waals surface area (Å²) in [5, 5.41) is 2.87. The highest BCUT2D eigenvalue weighted by molar-refractivity contribution is 7.90. The molecule has 9 heteroatoms. The molecule has 1 aliphatic heterocycles.